The van der Waals surface area contributed by atoms with E-state index in [0.29, 0.717) is 30.7 Å². The van der Waals surface area contributed by atoms with Gasteiger partial charge < -0.3 is 0 Å². The first kappa shape index (κ1) is 19.7. The largest absolute Gasteiger partial charge is 0.300 e. The Balaban J connectivity index is 2.02. The maximum atomic E-state index is 12.6. The van der Waals surface area contributed by atoms with Gasteiger partial charge in [-0.1, -0.05) is 18.9 Å². The highest BCUT2D eigenvalue weighted by atomic mass is 32.1. The zero-order valence-corrected chi connectivity index (χ0v) is 16.6. The zero-order valence-electron chi connectivity index (χ0n) is 15.0. The van der Waals surface area contributed by atoms with Gasteiger partial charge in [0.15, 0.2) is 15.8 Å². The fourth-order valence-corrected chi connectivity index (χ4v) is 4.22. The van der Waals surface area contributed by atoms with Crippen LogP contribution in [0.1, 0.15) is 74.7 Å². The Morgan fingerprint density at radius 3 is 2.52 bits per heavy atom. The van der Waals surface area contributed by atoms with Crippen molar-refractivity contribution in [1.82, 2.24) is 9.97 Å². The Morgan fingerprint density at radius 2 is 1.88 bits per heavy atom. The monoisotopic (exact) mass is 376 g/mol. The molecule has 0 saturated carbocycles. The van der Waals surface area contributed by atoms with Crippen molar-refractivity contribution in [3.05, 3.63) is 27.7 Å². The Hall–Kier alpha value is -1.66. The van der Waals surface area contributed by atoms with E-state index < -0.39 is 0 Å². The third kappa shape index (κ3) is 5.97. The van der Waals surface area contributed by atoms with E-state index in [-0.39, 0.29) is 5.78 Å². The lowest BCUT2D eigenvalue weighted by Crippen LogP contribution is -2.02. The van der Waals surface area contributed by atoms with Crippen molar-refractivity contribution in [3.63, 3.8) is 0 Å². The van der Waals surface area contributed by atoms with Gasteiger partial charge in [0.25, 0.3) is 0 Å². The normalized spacial score (nSPS) is 10.7. The number of aromatic nitrogens is 2. The Morgan fingerprint density at radius 1 is 1.12 bits per heavy atom. The van der Waals surface area contributed by atoms with E-state index in [9.17, 15) is 9.59 Å². The molecule has 0 spiro atoms. The summed E-state index contributed by atoms with van der Waals surface area (Å²) in [5.74, 6) is 0.373. The van der Waals surface area contributed by atoms with Gasteiger partial charge in [0.1, 0.15) is 11.5 Å². The van der Waals surface area contributed by atoms with Gasteiger partial charge in [-0.2, -0.15) is 0 Å². The number of hydrogen-bond donors (Lipinski definition) is 0. The second-order valence-electron chi connectivity index (χ2n) is 6.17. The van der Waals surface area contributed by atoms with Crippen molar-refractivity contribution in [2.75, 3.05) is 0 Å². The molecule has 134 valence electrons. The van der Waals surface area contributed by atoms with Crippen molar-refractivity contribution in [2.24, 2.45) is 0 Å². The van der Waals surface area contributed by atoms with E-state index >= 15 is 0 Å². The first-order chi connectivity index (χ1) is 12.0. The Labute approximate surface area is 157 Å². The molecule has 0 saturated heterocycles. The number of carbonyl (C=O) groups is 2. The summed E-state index contributed by atoms with van der Waals surface area (Å²) in [5.41, 5.74) is 1.70. The highest BCUT2D eigenvalue weighted by molar-refractivity contribution is 7.21. The molecule has 0 aromatic carbocycles. The van der Waals surface area contributed by atoms with Crippen LogP contribution >= 0.6 is 22.7 Å². The maximum absolute atomic E-state index is 12.6. The van der Waals surface area contributed by atoms with E-state index in [2.05, 4.69) is 9.97 Å². The summed E-state index contributed by atoms with van der Waals surface area (Å²) in [6, 6.07) is 0. The van der Waals surface area contributed by atoms with Gasteiger partial charge in [-0.3, -0.25) is 9.59 Å². The second-order valence-corrected chi connectivity index (χ2v) is 8.09. The second kappa shape index (κ2) is 9.73. The van der Waals surface area contributed by atoms with Crippen LogP contribution < -0.4 is 0 Å². The molecule has 0 aliphatic rings. The summed E-state index contributed by atoms with van der Waals surface area (Å²) >= 11 is 3.05. The number of unbranched alkanes of at least 4 members (excludes halogenated alkanes) is 2. The number of ketones is 2. The molecule has 4 nitrogen and oxygen atoms in total. The molecule has 6 heteroatoms. The van der Waals surface area contributed by atoms with Crippen LogP contribution in [0.15, 0.2) is 17.2 Å². The average molecular weight is 377 g/mol. The molecule has 0 N–H and O–H groups in total. The summed E-state index contributed by atoms with van der Waals surface area (Å²) in [6.07, 6.45) is 8.03. The molecule has 0 amide bonds. The molecule has 0 bridgehead atoms. The molecular formula is C19H24N2O2S2. The predicted octanol–water partition coefficient (Wildman–Crippen LogP) is 5.80. The lowest BCUT2D eigenvalue weighted by atomic mass is 10.1. The molecule has 0 unspecified atom stereocenters. The first-order valence-electron chi connectivity index (χ1n) is 8.61. The minimum Gasteiger partial charge on any atom is -0.300 e. The summed E-state index contributed by atoms with van der Waals surface area (Å²) in [5, 5.41) is 3.57. The van der Waals surface area contributed by atoms with Crippen LogP contribution in [0.4, 0.5) is 0 Å². The predicted molar refractivity (Wildman–Crippen MR) is 105 cm³/mol. The topological polar surface area (TPSA) is 59.9 Å². The number of nitrogens with zero attached hydrogens (tertiary/aromatic N) is 2. The van der Waals surface area contributed by atoms with Crippen molar-refractivity contribution in [1.29, 1.82) is 0 Å². The van der Waals surface area contributed by atoms with Crippen molar-refractivity contribution in [3.8, 4) is 10.0 Å². The minimum absolute atomic E-state index is 0.0772. The number of carbonyl (C=O) groups excluding carboxylic acids is 2. The Bertz CT molecular complexity index is 742. The average Bonchev–Trinajstić information content (AvgIpc) is 3.23. The van der Waals surface area contributed by atoms with Gasteiger partial charge in [-0.25, -0.2) is 9.97 Å². The van der Waals surface area contributed by atoms with Gasteiger partial charge in [0, 0.05) is 30.8 Å². The number of Topliss-reactive ketones (excluding diaryl/α,β-unsaturated/α-hetero) is 2. The van der Waals surface area contributed by atoms with Crippen LogP contribution in [0.3, 0.4) is 0 Å². The van der Waals surface area contributed by atoms with E-state index in [1.165, 1.54) is 22.7 Å². The standard InChI is InChI=1S/C19H24N2O2S2/c1-4-14(22)8-6-5-7-9-15(23)17-16(12-13(2)3)25-19(21-17)18-20-10-11-24-18/h10-12H,4-9H2,1-3H3. The fourth-order valence-electron chi connectivity index (χ4n) is 2.39. The molecule has 2 rings (SSSR count). The number of allylic oxidation sites excluding steroid dienone is 1. The summed E-state index contributed by atoms with van der Waals surface area (Å²) < 4.78 is 0. The van der Waals surface area contributed by atoms with Gasteiger partial charge in [-0.05, 0) is 32.8 Å². The van der Waals surface area contributed by atoms with Crippen molar-refractivity contribution >= 4 is 40.3 Å². The van der Waals surface area contributed by atoms with E-state index in [4.69, 9.17) is 0 Å². The quantitative estimate of drug-likeness (QED) is 0.388. The maximum Gasteiger partial charge on any atom is 0.182 e. The van der Waals surface area contributed by atoms with Crippen molar-refractivity contribution < 1.29 is 9.59 Å². The van der Waals surface area contributed by atoms with Gasteiger partial charge in [0.2, 0.25) is 0 Å². The van der Waals surface area contributed by atoms with Crippen molar-refractivity contribution in [2.45, 2.75) is 59.3 Å². The number of thiazole rings is 2. The molecule has 0 aliphatic carbocycles. The smallest absolute Gasteiger partial charge is 0.182 e. The van der Waals surface area contributed by atoms with Crippen LogP contribution in [-0.4, -0.2) is 21.5 Å². The van der Waals surface area contributed by atoms with Crippen LogP contribution in [0.2, 0.25) is 0 Å². The van der Waals surface area contributed by atoms with Gasteiger partial charge in [-0.15, -0.1) is 22.7 Å². The molecule has 2 aromatic heterocycles. The molecule has 0 fully saturated rings. The molecule has 0 aliphatic heterocycles. The molecule has 0 atom stereocenters. The summed E-state index contributed by atoms with van der Waals surface area (Å²) in [6.45, 7) is 5.92. The molecule has 0 radical (unpaired) electrons. The van der Waals surface area contributed by atoms with Crippen LogP contribution in [0.5, 0.6) is 0 Å². The van der Waals surface area contributed by atoms with E-state index in [1.54, 1.807) is 6.20 Å². The zero-order chi connectivity index (χ0) is 18.2. The number of hydrogen-bond acceptors (Lipinski definition) is 6. The summed E-state index contributed by atoms with van der Waals surface area (Å²) in [4.78, 5) is 33.7. The van der Waals surface area contributed by atoms with Crippen LogP contribution in [0.25, 0.3) is 16.1 Å². The Kier molecular flexibility index (Phi) is 7.65. The molecular weight excluding hydrogens is 352 g/mol. The van der Waals surface area contributed by atoms with E-state index in [1.807, 2.05) is 32.2 Å². The third-order valence-electron chi connectivity index (χ3n) is 3.71. The van der Waals surface area contributed by atoms with Crippen LogP contribution in [-0.2, 0) is 4.79 Å². The lowest BCUT2D eigenvalue weighted by Gasteiger charge is -2.01. The molecule has 2 heterocycles. The molecule has 2 aromatic rings. The molecule has 25 heavy (non-hydrogen) atoms. The minimum atomic E-state index is 0.0772. The highest BCUT2D eigenvalue weighted by Gasteiger charge is 2.18. The SMILES string of the molecule is CCC(=O)CCCCCC(=O)c1nc(-c2nccs2)sc1C=C(C)C. The first-order valence-corrected chi connectivity index (χ1v) is 10.3. The van der Waals surface area contributed by atoms with Crippen LogP contribution in [0, 0.1) is 0 Å². The van der Waals surface area contributed by atoms with Gasteiger partial charge >= 0.3 is 0 Å². The third-order valence-corrected chi connectivity index (χ3v) is 5.62. The van der Waals surface area contributed by atoms with E-state index in [0.717, 1.165) is 39.7 Å². The fraction of sp³-hybridized carbons (Fsp3) is 0.474. The summed E-state index contributed by atoms with van der Waals surface area (Å²) in [7, 11) is 0. The lowest BCUT2D eigenvalue weighted by molar-refractivity contribution is -0.118. The van der Waals surface area contributed by atoms with Gasteiger partial charge in [0.05, 0.1) is 4.88 Å². The number of rotatable bonds is 10. The highest BCUT2D eigenvalue weighted by Crippen LogP contribution is 2.31.